The zero-order chi connectivity index (χ0) is 15.3. The molecule has 2 bridgehead atoms. The van der Waals surface area contributed by atoms with Gasteiger partial charge in [0.25, 0.3) is 0 Å². The molecular formula is C17H20FNO2. The van der Waals surface area contributed by atoms with Crippen molar-refractivity contribution in [2.45, 2.75) is 39.7 Å². The van der Waals surface area contributed by atoms with Gasteiger partial charge in [0.15, 0.2) is 0 Å². The lowest BCUT2D eigenvalue weighted by Gasteiger charge is -2.34. The van der Waals surface area contributed by atoms with Crippen LogP contribution in [0.15, 0.2) is 24.3 Å². The Balaban J connectivity index is 1.76. The first kappa shape index (κ1) is 14.2. The van der Waals surface area contributed by atoms with Crippen LogP contribution in [0.1, 0.15) is 38.7 Å². The van der Waals surface area contributed by atoms with Crippen molar-refractivity contribution in [2.75, 3.05) is 0 Å². The maximum absolute atomic E-state index is 12.9. The highest BCUT2D eigenvalue weighted by Gasteiger charge is 2.67. The SMILES string of the molecule is CC1(C)[C@@H]2CC[C@@]1(C(=O)NCc1ccc(F)cc1)C(=O)C2. The van der Waals surface area contributed by atoms with Crippen LogP contribution >= 0.6 is 0 Å². The summed E-state index contributed by atoms with van der Waals surface area (Å²) in [5.41, 5.74) is -0.298. The van der Waals surface area contributed by atoms with Gasteiger partial charge in [0, 0.05) is 13.0 Å². The number of benzene rings is 1. The summed E-state index contributed by atoms with van der Waals surface area (Å²) in [6.07, 6.45) is 2.12. The van der Waals surface area contributed by atoms with E-state index in [0.29, 0.717) is 25.3 Å². The molecule has 0 aromatic heterocycles. The van der Waals surface area contributed by atoms with Gasteiger partial charge in [-0.1, -0.05) is 26.0 Å². The van der Waals surface area contributed by atoms with Gasteiger partial charge < -0.3 is 5.32 Å². The van der Waals surface area contributed by atoms with Gasteiger partial charge in [0.2, 0.25) is 5.91 Å². The summed E-state index contributed by atoms with van der Waals surface area (Å²) >= 11 is 0. The Morgan fingerprint density at radius 1 is 1.33 bits per heavy atom. The van der Waals surface area contributed by atoms with Crippen LogP contribution in [0.5, 0.6) is 0 Å². The lowest BCUT2D eigenvalue weighted by molar-refractivity contribution is -0.145. The zero-order valence-corrected chi connectivity index (χ0v) is 12.4. The standard InChI is InChI=1S/C17H20FNO2/c1-16(2)12-7-8-17(16,14(20)9-12)15(21)19-10-11-3-5-13(18)6-4-11/h3-6,12H,7-10H2,1-2H3,(H,19,21)/t12-,17+/m1/s1. The monoisotopic (exact) mass is 289 g/mol. The first-order valence-electron chi connectivity index (χ1n) is 7.44. The number of rotatable bonds is 3. The number of hydrogen-bond donors (Lipinski definition) is 1. The van der Waals surface area contributed by atoms with Crippen molar-refractivity contribution in [3.05, 3.63) is 35.6 Å². The molecule has 2 fully saturated rings. The molecule has 1 N–H and O–H groups in total. The maximum Gasteiger partial charge on any atom is 0.234 e. The Morgan fingerprint density at radius 2 is 2.00 bits per heavy atom. The molecule has 3 rings (SSSR count). The van der Waals surface area contributed by atoms with Gasteiger partial charge in [-0.25, -0.2) is 4.39 Å². The second-order valence-corrected chi connectivity index (χ2v) is 6.80. The molecule has 2 aliphatic rings. The fraction of sp³-hybridized carbons (Fsp3) is 0.529. The molecule has 2 aliphatic carbocycles. The molecule has 0 spiro atoms. The number of fused-ring (bicyclic) bond motifs is 2. The van der Waals surface area contributed by atoms with E-state index in [-0.39, 0.29) is 22.9 Å². The lowest BCUT2D eigenvalue weighted by atomic mass is 9.68. The molecule has 1 aromatic carbocycles. The predicted molar refractivity (Wildman–Crippen MR) is 76.8 cm³/mol. The van der Waals surface area contributed by atoms with Crippen molar-refractivity contribution >= 4 is 11.7 Å². The number of carbonyl (C=O) groups is 2. The first-order chi connectivity index (χ1) is 9.88. The van der Waals surface area contributed by atoms with Gasteiger partial charge in [-0.2, -0.15) is 0 Å². The summed E-state index contributed by atoms with van der Waals surface area (Å²) in [7, 11) is 0. The van der Waals surface area contributed by atoms with Crippen molar-refractivity contribution in [3.63, 3.8) is 0 Å². The number of Topliss-reactive ketones (excluding diaryl/α,β-unsaturated/α-hetero) is 1. The molecule has 2 saturated carbocycles. The van der Waals surface area contributed by atoms with Crippen LogP contribution in [0.25, 0.3) is 0 Å². The minimum absolute atomic E-state index is 0.0837. The van der Waals surface area contributed by atoms with E-state index in [1.165, 1.54) is 12.1 Å². The molecule has 4 heteroatoms. The number of ketones is 1. The molecular weight excluding hydrogens is 269 g/mol. The number of halogens is 1. The Hall–Kier alpha value is -1.71. The van der Waals surface area contributed by atoms with Crippen LogP contribution in [-0.2, 0) is 16.1 Å². The molecule has 1 amide bonds. The van der Waals surface area contributed by atoms with Crippen LogP contribution in [0.2, 0.25) is 0 Å². The molecule has 3 nitrogen and oxygen atoms in total. The van der Waals surface area contributed by atoms with E-state index in [0.717, 1.165) is 12.0 Å². The fourth-order valence-corrected chi connectivity index (χ4v) is 4.14. The summed E-state index contributed by atoms with van der Waals surface area (Å²) in [5.74, 6) is -0.0573. The van der Waals surface area contributed by atoms with Crippen molar-refractivity contribution in [3.8, 4) is 0 Å². The summed E-state index contributed by atoms with van der Waals surface area (Å²) in [4.78, 5) is 25.0. The minimum atomic E-state index is -0.863. The second-order valence-electron chi connectivity index (χ2n) is 6.80. The third kappa shape index (κ3) is 1.92. The van der Waals surface area contributed by atoms with E-state index < -0.39 is 5.41 Å². The normalized spacial score (nSPS) is 29.7. The third-order valence-electron chi connectivity index (χ3n) is 5.65. The largest absolute Gasteiger partial charge is 0.351 e. The molecule has 2 atom stereocenters. The van der Waals surface area contributed by atoms with Crippen LogP contribution in [0, 0.1) is 22.6 Å². The van der Waals surface area contributed by atoms with Crippen molar-refractivity contribution in [1.82, 2.24) is 5.32 Å². The topological polar surface area (TPSA) is 46.2 Å². The maximum atomic E-state index is 12.9. The van der Waals surface area contributed by atoms with Gasteiger partial charge in [-0.05, 0) is 41.9 Å². The van der Waals surface area contributed by atoms with Crippen LogP contribution in [-0.4, -0.2) is 11.7 Å². The quantitative estimate of drug-likeness (QED) is 0.870. The molecule has 112 valence electrons. The van der Waals surface area contributed by atoms with Crippen LogP contribution < -0.4 is 5.32 Å². The molecule has 1 aromatic rings. The number of amides is 1. The average Bonchev–Trinajstić information content (AvgIpc) is 2.81. The molecule has 0 aliphatic heterocycles. The number of nitrogens with one attached hydrogen (secondary N) is 1. The Morgan fingerprint density at radius 3 is 2.52 bits per heavy atom. The van der Waals surface area contributed by atoms with E-state index in [1.54, 1.807) is 12.1 Å². The van der Waals surface area contributed by atoms with E-state index in [9.17, 15) is 14.0 Å². The first-order valence-corrected chi connectivity index (χ1v) is 7.44. The highest BCUT2D eigenvalue weighted by molar-refractivity contribution is 6.09. The van der Waals surface area contributed by atoms with Crippen LogP contribution in [0.3, 0.4) is 0 Å². The van der Waals surface area contributed by atoms with E-state index in [1.807, 2.05) is 13.8 Å². The highest BCUT2D eigenvalue weighted by Crippen LogP contribution is 2.63. The third-order valence-corrected chi connectivity index (χ3v) is 5.65. The Labute approximate surface area is 123 Å². The minimum Gasteiger partial charge on any atom is -0.351 e. The summed E-state index contributed by atoms with van der Waals surface area (Å²) < 4.78 is 12.9. The van der Waals surface area contributed by atoms with E-state index in [2.05, 4.69) is 5.32 Å². The molecule has 21 heavy (non-hydrogen) atoms. The smallest absolute Gasteiger partial charge is 0.234 e. The molecule has 0 heterocycles. The highest BCUT2D eigenvalue weighted by atomic mass is 19.1. The van der Waals surface area contributed by atoms with Crippen LogP contribution in [0.4, 0.5) is 4.39 Å². The fourth-order valence-electron chi connectivity index (χ4n) is 4.14. The number of hydrogen-bond acceptors (Lipinski definition) is 2. The zero-order valence-electron chi connectivity index (χ0n) is 12.4. The van der Waals surface area contributed by atoms with E-state index >= 15 is 0 Å². The number of carbonyl (C=O) groups excluding carboxylic acids is 2. The van der Waals surface area contributed by atoms with Gasteiger partial charge in [0.05, 0.1) is 0 Å². The van der Waals surface area contributed by atoms with E-state index in [4.69, 9.17) is 0 Å². The van der Waals surface area contributed by atoms with Crippen molar-refractivity contribution < 1.29 is 14.0 Å². The molecule has 0 radical (unpaired) electrons. The lowest BCUT2D eigenvalue weighted by Crippen LogP contribution is -2.49. The van der Waals surface area contributed by atoms with Gasteiger partial charge in [-0.3, -0.25) is 9.59 Å². The van der Waals surface area contributed by atoms with Crippen molar-refractivity contribution in [2.24, 2.45) is 16.7 Å². The molecule has 0 unspecified atom stereocenters. The van der Waals surface area contributed by atoms with Gasteiger partial charge in [-0.15, -0.1) is 0 Å². The summed E-state index contributed by atoms with van der Waals surface area (Å²) in [6.45, 7) is 4.40. The van der Waals surface area contributed by atoms with Crippen molar-refractivity contribution in [1.29, 1.82) is 0 Å². The summed E-state index contributed by atoms with van der Waals surface area (Å²) in [6, 6.07) is 6.03. The Kier molecular flexibility index (Phi) is 3.15. The van der Waals surface area contributed by atoms with Gasteiger partial charge in [0.1, 0.15) is 17.0 Å². The average molecular weight is 289 g/mol. The second kappa shape index (κ2) is 4.65. The predicted octanol–water partition coefficient (Wildman–Crippen LogP) is 2.84. The van der Waals surface area contributed by atoms with Gasteiger partial charge >= 0.3 is 0 Å². The summed E-state index contributed by atoms with van der Waals surface area (Å²) in [5, 5.41) is 2.88. The molecule has 0 saturated heterocycles. The Bertz CT molecular complexity index is 593.